The van der Waals surface area contributed by atoms with Crippen LogP contribution in [0.5, 0.6) is 0 Å². The van der Waals surface area contributed by atoms with E-state index in [0.29, 0.717) is 12.2 Å². The summed E-state index contributed by atoms with van der Waals surface area (Å²) in [5, 5.41) is 5.86. The summed E-state index contributed by atoms with van der Waals surface area (Å²) in [5.74, 6) is -0.100. The quantitative estimate of drug-likeness (QED) is 0.741. The molecule has 27 heavy (non-hydrogen) atoms. The van der Waals surface area contributed by atoms with Crippen molar-refractivity contribution in [2.75, 3.05) is 30.3 Å². The molecular formula is C21H32N4O2. The van der Waals surface area contributed by atoms with E-state index in [0.717, 1.165) is 50.9 Å². The summed E-state index contributed by atoms with van der Waals surface area (Å²) in [6.45, 7) is 2.44. The molecule has 1 saturated heterocycles. The molecule has 0 bridgehead atoms. The summed E-state index contributed by atoms with van der Waals surface area (Å²) in [6, 6.07) is 7.26. The zero-order valence-corrected chi connectivity index (χ0v) is 16.1. The zero-order valence-electron chi connectivity index (χ0n) is 16.1. The summed E-state index contributed by atoms with van der Waals surface area (Å²) in [7, 11) is 0. The molecule has 4 N–H and O–H groups in total. The third kappa shape index (κ3) is 5.78. The van der Waals surface area contributed by atoms with Gasteiger partial charge >= 0.3 is 0 Å². The Morgan fingerprint density at radius 3 is 1.96 bits per heavy atom. The SMILES string of the molecule is NC1(C(=O)Nc2ccc(NC(=O)CN3CCCCCC3)cc2)CCCCC1. The van der Waals surface area contributed by atoms with Crippen molar-refractivity contribution in [2.45, 2.75) is 63.3 Å². The lowest BCUT2D eigenvalue weighted by atomic mass is 9.82. The first-order valence-electron chi connectivity index (χ1n) is 10.3. The van der Waals surface area contributed by atoms with Crippen molar-refractivity contribution in [3.8, 4) is 0 Å². The van der Waals surface area contributed by atoms with Gasteiger partial charge in [-0.2, -0.15) is 0 Å². The Labute approximate surface area is 161 Å². The molecule has 2 fully saturated rings. The number of hydrogen-bond acceptors (Lipinski definition) is 4. The van der Waals surface area contributed by atoms with Crippen molar-refractivity contribution in [1.82, 2.24) is 4.90 Å². The number of nitrogens with two attached hydrogens (primary N) is 1. The molecular weight excluding hydrogens is 340 g/mol. The van der Waals surface area contributed by atoms with Crippen LogP contribution in [0.2, 0.25) is 0 Å². The van der Waals surface area contributed by atoms with Crippen LogP contribution in [-0.4, -0.2) is 41.9 Å². The number of rotatable bonds is 5. The summed E-state index contributed by atoms with van der Waals surface area (Å²) in [4.78, 5) is 27.0. The van der Waals surface area contributed by atoms with Crippen LogP contribution >= 0.6 is 0 Å². The largest absolute Gasteiger partial charge is 0.325 e. The molecule has 0 aromatic heterocycles. The molecule has 0 atom stereocenters. The average Bonchev–Trinajstić information content (AvgIpc) is 2.92. The van der Waals surface area contributed by atoms with E-state index in [1.807, 2.05) is 24.3 Å². The van der Waals surface area contributed by atoms with E-state index in [-0.39, 0.29) is 11.8 Å². The van der Waals surface area contributed by atoms with Crippen molar-refractivity contribution < 1.29 is 9.59 Å². The minimum atomic E-state index is -0.752. The van der Waals surface area contributed by atoms with E-state index < -0.39 is 5.54 Å². The Balaban J connectivity index is 1.49. The Hall–Kier alpha value is -1.92. The fraction of sp³-hybridized carbons (Fsp3) is 0.619. The topological polar surface area (TPSA) is 87.5 Å². The molecule has 6 heteroatoms. The van der Waals surface area contributed by atoms with Crippen molar-refractivity contribution in [3.05, 3.63) is 24.3 Å². The molecule has 2 amide bonds. The fourth-order valence-electron chi connectivity index (χ4n) is 4.00. The fourth-order valence-corrected chi connectivity index (χ4v) is 4.00. The first kappa shape index (κ1) is 19.8. The van der Waals surface area contributed by atoms with Crippen LogP contribution in [0.15, 0.2) is 24.3 Å². The Morgan fingerprint density at radius 2 is 1.37 bits per heavy atom. The van der Waals surface area contributed by atoms with Crippen molar-refractivity contribution in [1.29, 1.82) is 0 Å². The van der Waals surface area contributed by atoms with Gasteiger partial charge in [0.2, 0.25) is 11.8 Å². The highest BCUT2D eigenvalue weighted by Gasteiger charge is 2.35. The van der Waals surface area contributed by atoms with Crippen LogP contribution in [0.1, 0.15) is 57.8 Å². The standard InChI is InChI=1S/C21H32N4O2/c22-21(12-4-3-5-13-21)20(27)24-18-10-8-17(9-11-18)23-19(26)16-25-14-6-1-2-7-15-25/h8-11H,1-7,12-16,22H2,(H,23,26)(H,24,27). The van der Waals surface area contributed by atoms with Gasteiger partial charge in [-0.05, 0) is 63.0 Å². The smallest absolute Gasteiger partial charge is 0.244 e. The van der Waals surface area contributed by atoms with Crippen molar-refractivity contribution in [2.24, 2.45) is 5.73 Å². The number of nitrogens with one attached hydrogen (secondary N) is 2. The second kappa shape index (κ2) is 9.33. The number of nitrogens with zero attached hydrogens (tertiary/aromatic N) is 1. The van der Waals surface area contributed by atoms with Crippen molar-refractivity contribution >= 4 is 23.2 Å². The second-order valence-electron chi connectivity index (χ2n) is 7.99. The predicted molar refractivity (Wildman–Crippen MR) is 109 cm³/mol. The summed E-state index contributed by atoms with van der Waals surface area (Å²) in [5.41, 5.74) is 6.97. The van der Waals surface area contributed by atoms with E-state index in [9.17, 15) is 9.59 Å². The highest BCUT2D eigenvalue weighted by atomic mass is 16.2. The molecule has 1 aromatic carbocycles. The van der Waals surface area contributed by atoms with Gasteiger partial charge in [-0.15, -0.1) is 0 Å². The predicted octanol–water partition coefficient (Wildman–Crippen LogP) is 3.10. The molecule has 148 valence electrons. The summed E-state index contributed by atoms with van der Waals surface area (Å²) >= 11 is 0. The van der Waals surface area contributed by atoms with Crippen LogP contribution in [0.4, 0.5) is 11.4 Å². The Kier molecular flexibility index (Phi) is 6.85. The van der Waals surface area contributed by atoms with Crippen LogP contribution in [0, 0.1) is 0 Å². The third-order valence-electron chi connectivity index (χ3n) is 5.69. The van der Waals surface area contributed by atoms with Crippen LogP contribution in [0.25, 0.3) is 0 Å². The van der Waals surface area contributed by atoms with Gasteiger partial charge in [0.05, 0.1) is 12.1 Å². The molecule has 1 aromatic rings. The second-order valence-corrected chi connectivity index (χ2v) is 7.99. The highest BCUT2D eigenvalue weighted by molar-refractivity contribution is 5.98. The lowest BCUT2D eigenvalue weighted by Gasteiger charge is -2.31. The number of carbonyl (C=O) groups excluding carboxylic acids is 2. The van der Waals surface area contributed by atoms with E-state index >= 15 is 0 Å². The molecule has 3 rings (SSSR count). The molecule has 1 aliphatic heterocycles. The normalized spacial score (nSPS) is 20.5. The third-order valence-corrected chi connectivity index (χ3v) is 5.69. The maximum absolute atomic E-state index is 12.5. The van der Waals surface area contributed by atoms with Crippen molar-refractivity contribution in [3.63, 3.8) is 0 Å². The lowest BCUT2D eigenvalue weighted by Crippen LogP contribution is -2.52. The number of anilines is 2. The number of likely N-dealkylation sites (tertiary alicyclic amines) is 1. The van der Waals surface area contributed by atoms with Gasteiger partial charge in [-0.3, -0.25) is 14.5 Å². The van der Waals surface area contributed by atoms with Gasteiger partial charge in [0.25, 0.3) is 0 Å². The maximum atomic E-state index is 12.5. The van der Waals surface area contributed by atoms with E-state index in [4.69, 9.17) is 5.73 Å². The van der Waals surface area contributed by atoms with E-state index in [2.05, 4.69) is 15.5 Å². The Morgan fingerprint density at radius 1 is 0.852 bits per heavy atom. The number of hydrogen-bond donors (Lipinski definition) is 3. The highest BCUT2D eigenvalue weighted by Crippen LogP contribution is 2.27. The minimum absolute atomic E-state index is 0.0109. The van der Waals surface area contributed by atoms with Crippen LogP contribution < -0.4 is 16.4 Å². The average molecular weight is 373 g/mol. The zero-order chi connectivity index (χ0) is 19.1. The molecule has 2 aliphatic rings. The van der Waals surface area contributed by atoms with E-state index in [1.165, 1.54) is 25.7 Å². The first-order valence-corrected chi connectivity index (χ1v) is 10.3. The molecule has 1 aliphatic carbocycles. The molecule has 0 unspecified atom stereocenters. The Bertz CT molecular complexity index is 630. The molecule has 6 nitrogen and oxygen atoms in total. The maximum Gasteiger partial charge on any atom is 0.244 e. The molecule has 0 radical (unpaired) electrons. The minimum Gasteiger partial charge on any atom is -0.325 e. The first-order chi connectivity index (χ1) is 13.0. The number of benzene rings is 1. The molecule has 1 saturated carbocycles. The van der Waals surface area contributed by atoms with Gasteiger partial charge in [-0.25, -0.2) is 0 Å². The van der Waals surface area contributed by atoms with Crippen LogP contribution in [-0.2, 0) is 9.59 Å². The summed E-state index contributed by atoms with van der Waals surface area (Å²) < 4.78 is 0. The van der Waals surface area contributed by atoms with E-state index in [1.54, 1.807) is 0 Å². The lowest BCUT2D eigenvalue weighted by molar-refractivity contribution is -0.122. The number of carbonyl (C=O) groups is 2. The van der Waals surface area contributed by atoms with Gasteiger partial charge in [0.15, 0.2) is 0 Å². The molecule has 1 heterocycles. The van der Waals surface area contributed by atoms with Gasteiger partial charge in [-0.1, -0.05) is 32.1 Å². The molecule has 0 spiro atoms. The van der Waals surface area contributed by atoms with Crippen LogP contribution in [0.3, 0.4) is 0 Å². The van der Waals surface area contributed by atoms with Gasteiger partial charge < -0.3 is 16.4 Å². The monoisotopic (exact) mass is 372 g/mol. The summed E-state index contributed by atoms with van der Waals surface area (Å²) in [6.07, 6.45) is 9.50. The van der Waals surface area contributed by atoms with Gasteiger partial charge in [0.1, 0.15) is 0 Å². The van der Waals surface area contributed by atoms with Gasteiger partial charge in [0, 0.05) is 11.4 Å². The number of amides is 2.